The van der Waals surface area contributed by atoms with Crippen LogP contribution in [-0.2, 0) is 11.2 Å². The van der Waals surface area contributed by atoms with Crippen LogP contribution < -0.4 is 14.9 Å². The van der Waals surface area contributed by atoms with Crippen LogP contribution in [0.3, 0.4) is 0 Å². The minimum Gasteiger partial charge on any atom is -0.493 e. The Hall–Kier alpha value is -2.82. The SMILES string of the molecule is COc1ccc(CC(=O)NN=Cc2ccc(C(C)C)cc2)cc1OC. The van der Waals surface area contributed by atoms with Gasteiger partial charge in [-0.3, -0.25) is 4.79 Å². The molecule has 2 aromatic carbocycles. The zero-order chi connectivity index (χ0) is 18.2. The summed E-state index contributed by atoms with van der Waals surface area (Å²) in [5.41, 5.74) is 5.58. The Morgan fingerprint density at radius 1 is 1.08 bits per heavy atom. The van der Waals surface area contributed by atoms with Crippen molar-refractivity contribution in [2.75, 3.05) is 14.2 Å². The minimum absolute atomic E-state index is 0.192. The van der Waals surface area contributed by atoms with E-state index in [1.54, 1.807) is 32.6 Å². The summed E-state index contributed by atoms with van der Waals surface area (Å²) in [6, 6.07) is 13.5. The lowest BCUT2D eigenvalue weighted by Gasteiger charge is -2.09. The van der Waals surface area contributed by atoms with Gasteiger partial charge in [-0.15, -0.1) is 0 Å². The molecule has 0 radical (unpaired) electrons. The van der Waals surface area contributed by atoms with Gasteiger partial charge in [0.2, 0.25) is 5.91 Å². The average Bonchev–Trinajstić information content (AvgIpc) is 2.62. The molecule has 0 saturated carbocycles. The van der Waals surface area contributed by atoms with Crippen LogP contribution in [-0.4, -0.2) is 26.3 Å². The fourth-order valence-corrected chi connectivity index (χ4v) is 2.36. The fraction of sp³-hybridized carbons (Fsp3) is 0.300. The maximum absolute atomic E-state index is 12.0. The molecule has 0 bridgehead atoms. The van der Waals surface area contributed by atoms with Crippen molar-refractivity contribution in [3.8, 4) is 11.5 Å². The monoisotopic (exact) mass is 340 g/mol. The number of amides is 1. The van der Waals surface area contributed by atoms with E-state index in [9.17, 15) is 4.79 Å². The number of hydrazone groups is 1. The van der Waals surface area contributed by atoms with Gasteiger partial charge in [0.05, 0.1) is 26.9 Å². The summed E-state index contributed by atoms with van der Waals surface area (Å²) in [5, 5.41) is 4.01. The largest absolute Gasteiger partial charge is 0.493 e. The minimum atomic E-state index is -0.192. The van der Waals surface area contributed by atoms with Crippen molar-refractivity contribution in [1.82, 2.24) is 5.43 Å². The van der Waals surface area contributed by atoms with Crippen molar-refractivity contribution in [3.05, 3.63) is 59.2 Å². The molecule has 25 heavy (non-hydrogen) atoms. The topological polar surface area (TPSA) is 59.9 Å². The third-order valence-corrected chi connectivity index (χ3v) is 3.82. The molecule has 0 aliphatic heterocycles. The summed E-state index contributed by atoms with van der Waals surface area (Å²) in [7, 11) is 3.14. The van der Waals surface area contributed by atoms with E-state index in [4.69, 9.17) is 9.47 Å². The third-order valence-electron chi connectivity index (χ3n) is 3.82. The second-order valence-corrected chi connectivity index (χ2v) is 5.98. The van der Waals surface area contributed by atoms with Crippen molar-refractivity contribution >= 4 is 12.1 Å². The first-order valence-electron chi connectivity index (χ1n) is 8.16. The van der Waals surface area contributed by atoms with E-state index >= 15 is 0 Å². The van der Waals surface area contributed by atoms with Crippen LogP contribution in [0.25, 0.3) is 0 Å². The molecule has 0 atom stereocenters. The lowest BCUT2D eigenvalue weighted by atomic mass is 10.0. The first-order valence-corrected chi connectivity index (χ1v) is 8.16. The van der Waals surface area contributed by atoms with E-state index in [-0.39, 0.29) is 12.3 Å². The van der Waals surface area contributed by atoms with Crippen molar-refractivity contribution < 1.29 is 14.3 Å². The average molecular weight is 340 g/mol. The smallest absolute Gasteiger partial charge is 0.244 e. The van der Waals surface area contributed by atoms with E-state index in [1.165, 1.54) is 5.56 Å². The van der Waals surface area contributed by atoms with Gasteiger partial charge >= 0.3 is 0 Å². The quantitative estimate of drug-likeness (QED) is 0.620. The maximum Gasteiger partial charge on any atom is 0.244 e. The Kier molecular flexibility index (Phi) is 6.57. The van der Waals surface area contributed by atoms with Gasteiger partial charge in [0.1, 0.15) is 0 Å². The number of carbonyl (C=O) groups is 1. The lowest BCUT2D eigenvalue weighted by molar-refractivity contribution is -0.120. The van der Waals surface area contributed by atoms with Crippen LogP contribution in [0.1, 0.15) is 36.5 Å². The number of nitrogens with zero attached hydrogens (tertiary/aromatic N) is 1. The molecule has 1 N–H and O–H groups in total. The number of methoxy groups -OCH3 is 2. The Balaban J connectivity index is 1.92. The highest BCUT2D eigenvalue weighted by atomic mass is 16.5. The molecule has 132 valence electrons. The zero-order valence-electron chi connectivity index (χ0n) is 15.1. The number of nitrogens with one attached hydrogen (secondary N) is 1. The second kappa shape index (κ2) is 8.87. The summed E-state index contributed by atoms with van der Waals surface area (Å²) in [5.74, 6) is 1.53. The van der Waals surface area contributed by atoms with Gasteiger partial charge in [-0.2, -0.15) is 5.10 Å². The highest BCUT2D eigenvalue weighted by Crippen LogP contribution is 2.27. The molecule has 0 aromatic heterocycles. The van der Waals surface area contributed by atoms with E-state index in [0.29, 0.717) is 17.4 Å². The first-order chi connectivity index (χ1) is 12.0. The lowest BCUT2D eigenvalue weighted by Crippen LogP contribution is -2.19. The van der Waals surface area contributed by atoms with E-state index in [1.807, 2.05) is 18.2 Å². The number of hydrogen-bond donors (Lipinski definition) is 1. The molecular weight excluding hydrogens is 316 g/mol. The number of hydrogen-bond acceptors (Lipinski definition) is 4. The number of rotatable bonds is 7. The van der Waals surface area contributed by atoms with Gasteiger partial charge in [-0.25, -0.2) is 5.43 Å². The molecule has 0 aliphatic carbocycles. The second-order valence-electron chi connectivity index (χ2n) is 5.98. The van der Waals surface area contributed by atoms with Crippen LogP contribution in [0.15, 0.2) is 47.6 Å². The Bertz CT molecular complexity index is 737. The summed E-state index contributed by atoms with van der Waals surface area (Å²) < 4.78 is 10.4. The normalized spacial score (nSPS) is 10.9. The summed E-state index contributed by atoms with van der Waals surface area (Å²) >= 11 is 0. The van der Waals surface area contributed by atoms with Gasteiger partial charge in [-0.05, 0) is 34.7 Å². The number of carbonyl (C=O) groups excluding carboxylic acids is 1. The molecular formula is C20H24N2O3. The Labute approximate surface area is 148 Å². The fourth-order valence-electron chi connectivity index (χ4n) is 2.36. The summed E-state index contributed by atoms with van der Waals surface area (Å²) in [6.07, 6.45) is 1.85. The zero-order valence-corrected chi connectivity index (χ0v) is 15.1. The molecule has 2 rings (SSSR count). The molecule has 0 fully saturated rings. The standard InChI is InChI=1S/C20H24N2O3/c1-14(2)17-8-5-15(6-9-17)13-21-22-20(23)12-16-7-10-18(24-3)19(11-16)25-4/h5-11,13-14H,12H2,1-4H3,(H,22,23). The number of ether oxygens (including phenoxy) is 2. The van der Waals surface area contributed by atoms with E-state index in [2.05, 4.69) is 36.5 Å². The molecule has 1 amide bonds. The van der Waals surface area contributed by atoms with Crippen LogP contribution in [0.4, 0.5) is 0 Å². The van der Waals surface area contributed by atoms with Crippen LogP contribution in [0, 0.1) is 0 Å². The molecule has 0 aliphatic rings. The van der Waals surface area contributed by atoms with Crippen LogP contribution >= 0.6 is 0 Å². The highest BCUT2D eigenvalue weighted by Gasteiger charge is 2.07. The maximum atomic E-state index is 12.0. The van der Waals surface area contributed by atoms with Gasteiger partial charge in [0, 0.05) is 0 Å². The van der Waals surface area contributed by atoms with Gasteiger partial charge < -0.3 is 9.47 Å². The van der Waals surface area contributed by atoms with Crippen molar-refractivity contribution in [1.29, 1.82) is 0 Å². The first kappa shape index (κ1) is 18.5. The molecule has 0 spiro atoms. The molecule has 5 nitrogen and oxygen atoms in total. The van der Waals surface area contributed by atoms with Gasteiger partial charge in [0.15, 0.2) is 11.5 Å². The molecule has 0 unspecified atom stereocenters. The molecule has 0 saturated heterocycles. The third kappa shape index (κ3) is 5.35. The van der Waals surface area contributed by atoms with Crippen molar-refractivity contribution in [2.24, 2.45) is 5.10 Å². The number of benzene rings is 2. The summed E-state index contributed by atoms with van der Waals surface area (Å²) in [6.45, 7) is 4.30. The molecule has 2 aromatic rings. The summed E-state index contributed by atoms with van der Waals surface area (Å²) in [4.78, 5) is 12.0. The van der Waals surface area contributed by atoms with E-state index < -0.39 is 0 Å². The molecule has 0 heterocycles. The predicted octanol–water partition coefficient (Wildman–Crippen LogP) is 3.52. The van der Waals surface area contributed by atoms with Crippen molar-refractivity contribution in [3.63, 3.8) is 0 Å². The Morgan fingerprint density at radius 2 is 1.76 bits per heavy atom. The van der Waals surface area contributed by atoms with Gasteiger partial charge in [0.25, 0.3) is 0 Å². The van der Waals surface area contributed by atoms with Crippen LogP contribution in [0.5, 0.6) is 11.5 Å². The van der Waals surface area contributed by atoms with Crippen LogP contribution in [0.2, 0.25) is 0 Å². The predicted molar refractivity (Wildman–Crippen MR) is 99.5 cm³/mol. The van der Waals surface area contributed by atoms with Crippen molar-refractivity contribution in [2.45, 2.75) is 26.2 Å². The Morgan fingerprint density at radius 3 is 2.36 bits per heavy atom. The van der Waals surface area contributed by atoms with E-state index in [0.717, 1.165) is 11.1 Å². The molecule has 5 heteroatoms. The highest BCUT2D eigenvalue weighted by molar-refractivity contribution is 5.83. The van der Waals surface area contributed by atoms with Gasteiger partial charge in [-0.1, -0.05) is 44.2 Å².